The fraction of sp³-hybridized carbons (Fsp3) is 0.355. The molecule has 0 radical (unpaired) electrons. The number of para-hydroxylation sites is 1. The summed E-state index contributed by atoms with van der Waals surface area (Å²) in [7, 11) is 0. The number of carbonyl (C=O) groups is 2. The number of ketones is 1. The zero-order chi connectivity index (χ0) is 27.7. The monoisotopic (exact) mass is 562 g/mol. The summed E-state index contributed by atoms with van der Waals surface area (Å²) < 4.78 is 0. The van der Waals surface area contributed by atoms with Gasteiger partial charge >= 0.3 is 0 Å². The molecule has 1 aromatic heterocycles. The van der Waals surface area contributed by atoms with E-state index in [1.54, 1.807) is 29.4 Å². The minimum Gasteiger partial charge on any atom is -0.312 e. The summed E-state index contributed by atoms with van der Waals surface area (Å²) in [5.41, 5.74) is 4.79. The maximum absolute atomic E-state index is 13.8. The summed E-state index contributed by atoms with van der Waals surface area (Å²) >= 11 is 13.0. The SMILES string of the molecule is CC(=O)N1c2c(CNCCc3ccncc3)cccc2N=C2CC(C)(C)CC(=O)C2C1c1ccc(Cl)cc1Cl. The van der Waals surface area contributed by atoms with Gasteiger partial charge in [0.2, 0.25) is 5.91 Å². The number of anilines is 1. The number of benzene rings is 2. The first-order valence-electron chi connectivity index (χ1n) is 13.2. The number of aliphatic imine (C=N–C) groups is 1. The van der Waals surface area contributed by atoms with Crippen LogP contribution in [0.1, 0.15) is 56.3 Å². The highest BCUT2D eigenvalue weighted by molar-refractivity contribution is 6.35. The van der Waals surface area contributed by atoms with Crippen molar-refractivity contribution >= 4 is 52.0 Å². The number of rotatable bonds is 6. The van der Waals surface area contributed by atoms with Gasteiger partial charge < -0.3 is 10.2 Å². The maximum Gasteiger partial charge on any atom is 0.224 e. The van der Waals surface area contributed by atoms with Gasteiger partial charge in [-0.3, -0.25) is 19.6 Å². The summed E-state index contributed by atoms with van der Waals surface area (Å²) in [6, 6.07) is 14.5. The molecule has 8 heteroatoms. The highest BCUT2D eigenvalue weighted by Gasteiger charge is 2.48. The van der Waals surface area contributed by atoms with Gasteiger partial charge in [-0.15, -0.1) is 0 Å². The van der Waals surface area contributed by atoms with Crippen LogP contribution >= 0.6 is 23.2 Å². The second-order valence-corrected chi connectivity index (χ2v) is 12.0. The quantitative estimate of drug-likeness (QED) is 0.331. The van der Waals surface area contributed by atoms with Crippen molar-refractivity contribution < 1.29 is 9.59 Å². The number of pyridine rings is 1. The van der Waals surface area contributed by atoms with Crippen molar-refractivity contribution in [2.75, 3.05) is 11.4 Å². The number of hydrogen-bond donors (Lipinski definition) is 1. The van der Waals surface area contributed by atoms with E-state index in [9.17, 15) is 9.59 Å². The molecular weight excluding hydrogens is 531 g/mol. The molecule has 2 atom stereocenters. The predicted molar refractivity (Wildman–Crippen MR) is 157 cm³/mol. The second kappa shape index (κ2) is 11.2. The Morgan fingerprint density at radius 3 is 2.59 bits per heavy atom. The van der Waals surface area contributed by atoms with Gasteiger partial charge in [0.1, 0.15) is 5.78 Å². The normalized spacial score (nSPS) is 20.1. The van der Waals surface area contributed by atoms with Crippen LogP contribution in [-0.2, 0) is 22.6 Å². The number of Topliss-reactive ketones (excluding diaryl/α,β-unsaturated/α-hetero) is 1. The Bertz CT molecular complexity index is 1440. The molecule has 1 amide bonds. The van der Waals surface area contributed by atoms with Gasteiger partial charge in [-0.05, 0) is 71.8 Å². The van der Waals surface area contributed by atoms with Gasteiger partial charge in [-0.25, -0.2) is 0 Å². The molecule has 2 aromatic carbocycles. The van der Waals surface area contributed by atoms with E-state index in [2.05, 4.69) is 24.1 Å². The molecule has 5 rings (SSSR count). The third-order valence-electron chi connectivity index (χ3n) is 7.49. The molecule has 1 N–H and O–H groups in total. The number of nitrogens with one attached hydrogen (secondary N) is 1. The largest absolute Gasteiger partial charge is 0.312 e. The maximum atomic E-state index is 13.8. The molecule has 1 aliphatic carbocycles. The van der Waals surface area contributed by atoms with Crippen LogP contribution in [-0.4, -0.2) is 28.9 Å². The molecule has 0 bridgehead atoms. The van der Waals surface area contributed by atoms with Gasteiger partial charge in [-0.1, -0.05) is 55.2 Å². The zero-order valence-electron chi connectivity index (χ0n) is 22.4. The molecule has 0 saturated heterocycles. The molecule has 39 heavy (non-hydrogen) atoms. The smallest absolute Gasteiger partial charge is 0.224 e. The van der Waals surface area contributed by atoms with Crippen LogP contribution in [0, 0.1) is 11.3 Å². The number of fused-ring (bicyclic) bond motifs is 2. The first-order chi connectivity index (χ1) is 18.6. The molecule has 2 unspecified atom stereocenters. The van der Waals surface area contributed by atoms with Crippen LogP contribution in [0.25, 0.3) is 0 Å². The topological polar surface area (TPSA) is 74.7 Å². The van der Waals surface area contributed by atoms with Crippen LogP contribution in [0.15, 0.2) is 65.9 Å². The summed E-state index contributed by atoms with van der Waals surface area (Å²) in [6.07, 6.45) is 5.50. The molecular formula is C31H32Cl2N4O2. The number of hydrogen-bond acceptors (Lipinski definition) is 5. The lowest BCUT2D eigenvalue weighted by atomic mass is 9.68. The van der Waals surface area contributed by atoms with Crippen molar-refractivity contribution in [1.82, 2.24) is 10.3 Å². The molecule has 6 nitrogen and oxygen atoms in total. The van der Waals surface area contributed by atoms with Gasteiger partial charge in [0.05, 0.1) is 23.3 Å². The van der Waals surface area contributed by atoms with Crippen molar-refractivity contribution in [2.24, 2.45) is 16.3 Å². The molecule has 2 heterocycles. The number of halogens is 2. The Kier molecular flexibility index (Phi) is 7.90. The van der Waals surface area contributed by atoms with Crippen molar-refractivity contribution in [3.05, 3.63) is 87.7 Å². The predicted octanol–water partition coefficient (Wildman–Crippen LogP) is 6.91. The molecule has 2 aliphatic rings. The molecule has 1 saturated carbocycles. The van der Waals surface area contributed by atoms with Crippen molar-refractivity contribution in [2.45, 2.75) is 52.6 Å². The van der Waals surface area contributed by atoms with E-state index in [0.717, 1.165) is 24.2 Å². The second-order valence-electron chi connectivity index (χ2n) is 11.1. The van der Waals surface area contributed by atoms with Crippen LogP contribution < -0.4 is 10.2 Å². The Morgan fingerprint density at radius 2 is 1.87 bits per heavy atom. The summed E-state index contributed by atoms with van der Waals surface area (Å²) in [5, 5.41) is 4.44. The third-order valence-corrected chi connectivity index (χ3v) is 8.05. The lowest BCUT2D eigenvalue weighted by Gasteiger charge is -2.41. The molecule has 1 fully saturated rings. The average molecular weight is 564 g/mol. The van der Waals surface area contributed by atoms with Crippen LogP contribution in [0.4, 0.5) is 11.4 Å². The first-order valence-corrected chi connectivity index (χ1v) is 14.0. The fourth-order valence-electron chi connectivity index (χ4n) is 5.85. The number of nitrogens with zero attached hydrogens (tertiary/aromatic N) is 3. The zero-order valence-corrected chi connectivity index (χ0v) is 23.9. The summed E-state index contributed by atoms with van der Waals surface area (Å²) in [4.78, 5) is 38.2. The highest BCUT2D eigenvalue weighted by Crippen LogP contribution is 2.50. The Balaban J connectivity index is 1.60. The van der Waals surface area contributed by atoms with E-state index in [4.69, 9.17) is 28.2 Å². The standard InChI is InChI=1S/C31H32Cl2N4O2/c1-19(38)37-29-21(18-35-14-11-20-9-12-34-13-10-20)5-4-6-25(29)36-26-16-31(2,3)17-27(39)28(26)30(37)23-8-7-22(32)15-24(23)33/h4-10,12-13,15,28,30,35H,11,14,16-18H2,1-3H3. The van der Waals surface area contributed by atoms with Crippen molar-refractivity contribution in [1.29, 1.82) is 0 Å². The van der Waals surface area contributed by atoms with Crippen molar-refractivity contribution in [3.63, 3.8) is 0 Å². The molecule has 3 aromatic rings. The average Bonchev–Trinajstić information content (AvgIpc) is 3.01. The van der Waals surface area contributed by atoms with Gasteiger partial charge in [0.25, 0.3) is 0 Å². The van der Waals surface area contributed by atoms with E-state index in [1.165, 1.54) is 12.5 Å². The van der Waals surface area contributed by atoms with Crippen LogP contribution in [0.3, 0.4) is 0 Å². The fourth-order valence-corrected chi connectivity index (χ4v) is 6.37. The lowest BCUT2D eigenvalue weighted by molar-refractivity contribution is -0.124. The third kappa shape index (κ3) is 5.79. The van der Waals surface area contributed by atoms with E-state index in [0.29, 0.717) is 46.4 Å². The summed E-state index contributed by atoms with van der Waals surface area (Å²) in [6.45, 7) is 7.01. The van der Waals surface area contributed by atoms with Gasteiger partial charge in [0.15, 0.2) is 0 Å². The van der Waals surface area contributed by atoms with E-state index in [-0.39, 0.29) is 17.1 Å². The van der Waals surface area contributed by atoms with E-state index in [1.807, 2.05) is 36.4 Å². The van der Waals surface area contributed by atoms with Gasteiger partial charge in [0, 0.05) is 48.0 Å². The van der Waals surface area contributed by atoms with Crippen LogP contribution in [0.2, 0.25) is 10.0 Å². The summed E-state index contributed by atoms with van der Waals surface area (Å²) in [5.74, 6) is -0.705. The number of aromatic nitrogens is 1. The van der Waals surface area contributed by atoms with E-state index < -0.39 is 12.0 Å². The molecule has 202 valence electrons. The minimum absolute atomic E-state index is 0.0668. The van der Waals surface area contributed by atoms with Gasteiger partial charge in [-0.2, -0.15) is 0 Å². The Labute approximate surface area is 239 Å². The number of carbonyl (C=O) groups excluding carboxylic acids is 2. The Hall–Kier alpha value is -3.06. The first kappa shape index (κ1) is 27.5. The number of amides is 1. The van der Waals surface area contributed by atoms with Crippen molar-refractivity contribution in [3.8, 4) is 0 Å². The molecule has 1 aliphatic heterocycles. The highest BCUT2D eigenvalue weighted by atomic mass is 35.5. The molecule has 0 spiro atoms. The Morgan fingerprint density at radius 1 is 1.10 bits per heavy atom. The lowest BCUT2D eigenvalue weighted by Crippen LogP contribution is -2.47. The van der Waals surface area contributed by atoms with Crippen LogP contribution in [0.5, 0.6) is 0 Å². The minimum atomic E-state index is -0.631. The van der Waals surface area contributed by atoms with E-state index >= 15 is 0 Å².